The highest BCUT2D eigenvalue weighted by Crippen LogP contribution is 2.37. The largest absolute Gasteiger partial charge is 0.383 e. The molecule has 0 radical (unpaired) electrons. The summed E-state index contributed by atoms with van der Waals surface area (Å²) in [7, 11) is 0. The molecule has 1 aliphatic heterocycles. The molecule has 1 aromatic carbocycles. The van der Waals surface area contributed by atoms with Crippen LogP contribution >= 0.6 is 11.3 Å². The summed E-state index contributed by atoms with van der Waals surface area (Å²) in [6, 6.07) is 8.17. The molecule has 78 valence electrons. The zero-order chi connectivity index (χ0) is 10.3. The average molecular weight is 220 g/mol. The van der Waals surface area contributed by atoms with Gasteiger partial charge in [0.2, 0.25) is 0 Å². The van der Waals surface area contributed by atoms with E-state index in [2.05, 4.69) is 17.5 Å². The number of aliphatic hydroxyl groups is 1. The fourth-order valence-electron chi connectivity index (χ4n) is 2.13. The average Bonchev–Trinajstić information content (AvgIpc) is 2.85. The van der Waals surface area contributed by atoms with E-state index in [0.29, 0.717) is 19.6 Å². The highest BCUT2D eigenvalue weighted by molar-refractivity contribution is 7.17. The fourth-order valence-corrected chi connectivity index (χ4v) is 3.13. The topological polar surface area (TPSA) is 29.5 Å². The van der Waals surface area contributed by atoms with E-state index in [0.717, 1.165) is 5.56 Å². The van der Waals surface area contributed by atoms with Crippen molar-refractivity contribution in [3.8, 4) is 0 Å². The van der Waals surface area contributed by atoms with Gasteiger partial charge in [0.25, 0.3) is 0 Å². The van der Waals surface area contributed by atoms with Gasteiger partial charge in [-0.1, -0.05) is 18.2 Å². The molecule has 0 saturated carbocycles. The molecule has 1 aromatic heterocycles. The first-order valence-corrected chi connectivity index (χ1v) is 5.94. The summed E-state index contributed by atoms with van der Waals surface area (Å²) in [6.07, 6.45) is 0.698. The number of hydrogen-bond donors (Lipinski definition) is 1. The fraction of sp³-hybridized carbons (Fsp3) is 0.333. The van der Waals surface area contributed by atoms with E-state index in [-0.39, 0.29) is 0 Å². The molecule has 3 heteroatoms. The Kier molecular flexibility index (Phi) is 2.06. The molecule has 2 heterocycles. The predicted octanol–water partition coefficient (Wildman–Crippen LogP) is 2.51. The second kappa shape index (κ2) is 3.30. The lowest BCUT2D eigenvalue weighted by molar-refractivity contribution is 0.0246. The van der Waals surface area contributed by atoms with Crippen molar-refractivity contribution in [2.75, 3.05) is 13.2 Å². The van der Waals surface area contributed by atoms with E-state index in [4.69, 9.17) is 4.74 Å². The minimum Gasteiger partial charge on any atom is -0.383 e. The van der Waals surface area contributed by atoms with Gasteiger partial charge < -0.3 is 9.84 Å². The van der Waals surface area contributed by atoms with Gasteiger partial charge in [-0.3, -0.25) is 0 Å². The van der Waals surface area contributed by atoms with Gasteiger partial charge in [0.1, 0.15) is 5.60 Å². The number of benzene rings is 1. The molecule has 0 bridgehead atoms. The van der Waals surface area contributed by atoms with E-state index >= 15 is 0 Å². The lowest BCUT2D eigenvalue weighted by atomic mass is 9.92. The molecule has 3 rings (SSSR count). The number of ether oxygens (including phenoxy) is 1. The maximum absolute atomic E-state index is 10.5. The lowest BCUT2D eigenvalue weighted by Gasteiger charge is -2.21. The standard InChI is InChI=1S/C12H12O2S/c13-12(5-6-14-8-12)10-3-1-2-9-4-7-15-11(9)10/h1-4,7,13H,5-6,8H2. The molecule has 1 fully saturated rings. The summed E-state index contributed by atoms with van der Waals surface area (Å²) >= 11 is 1.68. The van der Waals surface area contributed by atoms with Crippen LogP contribution in [0.4, 0.5) is 0 Å². The minimum atomic E-state index is -0.773. The van der Waals surface area contributed by atoms with Crippen LogP contribution in [0.3, 0.4) is 0 Å². The number of hydrogen-bond acceptors (Lipinski definition) is 3. The Hall–Kier alpha value is -0.900. The third kappa shape index (κ3) is 1.39. The highest BCUT2D eigenvalue weighted by Gasteiger charge is 2.35. The normalized spacial score (nSPS) is 26.2. The minimum absolute atomic E-state index is 0.421. The van der Waals surface area contributed by atoms with Crippen molar-refractivity contribution in [1.82, 2.24) is 0 Å². The van der Waals surface area contributed by atoms with Crippen LogP contribution in [-0.4, -0.2) is 18.3 Å². The third-order valence-corrected chi connectivity index (χ3v) is 3.94. The second-order valence-electron chi connectivity index (χ2n) is 3.98. The summed E-state index contributed by atoms with van der Waals surface area (Å²) in [5, 5.41) is 13.7. The molecule has 2 aromatic rings. The Morgan fingerprint density at radius 2 is 2.27 bits per heavy atom. The van der Waals surface area contributed by atoms with Crippen LogP contribution in [0.1, 0.15) is 12.0 Å². The Bertz CT molecular complexity index is 483. The van der Waals surface area contributed by atoms with E-state index < -0.39 is 5.60 Å². The van der Waals surface area contributed by atoms with Crippen LogP contribution < -0.4 is 0 Å². The third-order valence-electron chi connectivity index (χ3n) is 2.98. The highest BCUT2D eigenvalue weighted by atomic mass is 32.1. The molecule has 2 nitrogen and oxygen atoms in total. The van der Waals surface area contributed by atoms with Crippen molar-refractivity contribution < 1.29 is 9.84 Å². The Balaban J connectivity index is 2.21. The zero-order valence-corrected chi connectivity index (χ0v) is 9.09. The van der Waals surface area contributed by atoms with E-state index in [1.807, 2.05) is 12.1 Å². The smallest absolute Gasteiger partial charge is 0.116 e. The van der Waals surface area contributed by atoms with Crippen LogP contribution in [0.25, 0.3) is 10.1 Å². The summed E-state index contributed by atoms with van der Waals surface area (Å²) in [6.45, 7) is 1.07. The number of thiophene rings is 1. The molecule has 0 amide bonds. The van der Waals surface area contributed by atoms with Gasteiger partial charge in [-0.05, 0) is 16.8 Å². The van der Waals surface area contributed by atoms with Crippen molar-refractivity contribution in [3.63, 3.8) is 0 Å². The van der Waals surface area contributed by atoms with Crippen molar-refractivity contribution >= 4 is 21.4 Å². The molecule has 1 unspecified atom stereocenters. The van der Waals surface area contributed by atoms with E-state index in [9.17, 15) is 5.11 Å². The quantitative estimate of drug-likeness (QED) is 0.800. The summed E-state index contributed by atoms with van der Waals surface area (Å²) in [5.41, 5.74) is 0.247. The summed E-state index contributed by atoms with van der Waals surface area (Å²) < 4.78 is 6.48. The molecule has 1 aliphatic rings. The molecular weight excluding hydrogens is 208 g/mol. The van der Waals surface area contributed by atoms with Crippen LogP contribution in [-0.2, 0) is 10.3 Å². The van der Waals surface area contributed by atoms with Gasteiger partial charge in [0, 0.05) is 23.3 Å². The zero-order valence-electron chi connectivity index (χ0n) is 8.27. The Morgan fingerprint density at radius 1 is 1.33 bits per heavy atom. The molecule has 1 N–H and O–H groups in total. The van der Waals surface area contributed by atoms with E-state index in [1.54, 1.807) is 11.3 Å². The van der Waals surface area contributed by atoms with Crippen molar-refractivity contribution in [1.29, 1.82) is 0 Å². The van der Waals surface area contributed by atoms with Gasteiger partial charge in [-0.15, -0.1) is 11.3 Å². The first kappa shape index (κ1) is 9.33. The number of fused-ring (bicyclic) bond motifs is 1. The van der Waals surface area contributed by atoms with Gasteiger partial charge in [0.05, 0.1) is 6.61 Å². The van der Waals surface area contributed by atoms with Gasteiger partial charge >= 0.3 is 0 Å². The van der Waals surface area contributed by atoms with Crippen molar-refractivity contribution in [2.24, 2.45) is 0 Å². The maximum atomic E-state index is 10.5. The van der Waals surface area contributed by atoms with E-state index in [1.165, 1.54) is 10.1 Å². The van der Waals surface area contributed by atoms with Crippen molar-refractivity contribution in [3.05, 3.63) is 35.2 Å². The summed E-state index contributed by atoms with van der Waals surface area (Å²) in [4.78, 5) is 0. The van der Waals surface area contributed by atoms with Gasteiger partial charge in [-0.2, -0.15) is 0 Å². The van der Waals surface area contributed by atoms with Crippen LogP contribution in [0, 0.1) is 0 Å². The molecule has 0 spiro atoms. The molecular formula is C12H12O2S. The Labute approximate surface area is 92.1 Å². The first-order chi connectivity index (χ1) is 7.30. The molecule has 1 saturated heterocycles. The SMILES string of the molecule is OC1(c2cccc3ccsc23)CCOC1. The van der Waals surface area contributed by atoms with Crippen molar-refractivity contribution in [2.45, 2.75) is 12.0 Å². The summed E-state index contributed by atoms with van der Waals surface area (Å²) in [5.74, 6) is 0. The molecule has 0 aliphatic carbocycles. The molecule has 1 atom stereocenters. The van der Waals surface area contributed by atoms with Gasteiger partial charge in [0.15, 0.2) is 0 Å². The van der Waals surface area contributed by atoms with Crippen LogP contribution in [0.5, 0.6) is 0 Å². The maximum Gasteiger partial charge on any atom is 0.116 e. The monoisotopic (exact) mass is 220 g/mol. The second-order valence-corrected chi connectivity index (χ2v) is 4.89. The van der Waals surface area contributed by atoms with Crippen LogP contribution in [0.15, 0.2) is 29.6 Å². The van der Waals surface area contributed by atoms with Crippen LogP contribution in [0.2, 0.25) is 0 Å². The first-order valence-electron chi connectivity index (χ1n) is 5.06. The molecule has 15 heavy (non-hydrogen) atoms. The predicted molar refractivity (Wildman–Crippen MR) is 61.2 cm³/mol. The Morgan fingerprint density at radius 3 is 3.07 bits per heavy atom. The lowest BCUT2D eigenvalue weighted by Crippen LogP contribution is -2.25. The van der Waals surface area contributed by atoms with Gasteiger partial charge in [-0.25, -0.2) is 0 Å². The number of rotatable bonds is 1.